The number of nitrogens with zero attached hydrogens (tertiary/aromatic N) is 2. The first-order chi connectivity index (χ1) is 7.52. The molecular formula is C13H25N3. The average molecular weight is 223 g/mol. The Labute approximate surface area is 99.0 Å². The second-order valence-electron chi connectivity index (χ2n) is 4.67. The fourth-order valence-corrected chi connectivity index (χ4v) is 2.25. The Morgan fingerprint density at radius 2 is 1.88 bits per heavy atom. The molecule has 0 spiro atoms. The second kappa shape index (κ2) is 5.48. The third-order valence-corrected chi connectivity index (χ3v) is 3.54. The molecule has 2 unspecified atom stereocenters. The van der Waals surface area contributed by atoms with E-state index in [4.69, 9.17) is 5.73 Å². The summed E-state index contributed by atoms with van der Waals surface area (Å²) in [7, 11) is 0. The van der Waals surface area contributed by atoms with Crippen molar-refractivity contribution in [3.63, 3.8) is 0 Å². The molecule has 0 saturated heterocycles. The third kappa shape index (κ3) is 2.46. The van der Waals surface area contributed by atoms with E-state index in [-0.39, 0.29) is 6.04 Å². The van der Waals surface area contributed by atoms with Crippen LogP contribution in [0.4, 0.5) is 0 Å². The fourth-order valence-electron chi connectivity index (χ4n) is 2.25. The maximum atomic E-state index is 6.24. The minimum absolute atomic E-state index is 0.215. The lowest BCUT2D eigenvalue weighted by Gasteiger charge is -2.24. The Morgan fingerprint density at radius 3 is 2.25 bits per heavy atom. The molecule has 0 aliphatic heterocycles. The van der Waals surface area contributed by atoms with E-state index in [1.807, 2.05) is 0 Å². The average Bonchev–Trinajstić information content (AvgIpc) is 2.48. The van der Waals surface area contributed by atoms with Crippen LogP contribution in [0.5, 0.6) is 0 Å². The quantitative estimate of drug-likeness (QED) is 0.834. The highest BCUT2D eigenvalue weighted by Crippen LogP contribution is 2.22. The van der Waals surface area contributed by atoms with Crippen LogP contribution in [0.25, 0.3) is 0 Å². The lowest BCUT2D eigenvalue weighted by molar-refractivity contribution is 0.343. The van der Waals surface area contributed by atoms with Crippen molar-refractivity contribution >= 4 is 0 Å². The number of aryl methyl sites for hydroxylation is 1. The van der Waals surface area contributed by atoms with Crippen LogP contribution in [0.15, 0.2) is 0 Å². The minimum atomic E-state index is 0.215. The molecular weight excluding hydrogens is 198 g/mol. The van der Waals surface area contributed by atoms with Gasteiger partial charge in [0.15, 0.2) is 0 Å². The molecule has 3 nitrogen and oxygen atoms in total. The van der Waals surface area contributed by atoms with Crippen molar-refractivity contribution in [2.24, 2.45) is 5.73 Å². The lowest BCUT2D eigenvalue weighted by atomic mass is 10.0. The van der Waals surface area contributed by atoms with E-state index in [1.54, 1.807) is 0 Å². The Balaban J connectivity index is 2.99. The smallest absolute Gasteiger partial charge is 0.0670 e. The van der Waals surface area contributed by atoms with Gasteiger partial charge in [-0.15, -0.1) is 0 Å². The van der Waals surface area contributed by atoms with Gasteiger partial charge in [-0.1, -0.05) is 20.3 Å². The van der Waals surface area contributed by atoms with Crippen LogP contribution in [0.3, 0.4) is 0 Å². The Bertz CT molecular complexity index is 341. The Hall–Kier alpha value is -0.830. The van der Waals surface area contributed by atoms with Gasteiger partial charge in [-0.25, -0.2) is 0 Å². The SMILES string of the molecule is CCCC(N)C(CC)n1nc(C)c(C)c1C. The first kappa shape index (κ1) is 13.2. The molecule has 0 saturated carbocycles. The topological polar surface area (TPSA) is 43.8 Å². The summed E-state index contributed by atoms with van der Waals surface area (Å²) in [4.78, 5) is 0. The minimum Gasteiger partial charge on any atom is -0.326 e. The lowest BCUT2D eigenvalue weighted by Crippen LogP contribution is -2.33. The van der Waals surface area contributed by atoms with Crippen LogP contribution >= 0.6 is 0 Å². The van der Waals surface area contributed by atoms with E-state index in [1.165, 1.54) is 11.3 Å². The third-order valence-electron chi connectivity index (χ3n) is 3.54. The van der Waals surface area contributed by atoms with Gasteiger partial charge in [0.2, 0.25) is 0 Å². The molecule has 1 rings (SSSR count). The first-order valence-electron chi connectivity index (χ1n) is 6.30. The van der Waals surface area contributed by atoms with E-state index in [0.29, 0.717) is 6.04 Å². The summed E-state index contributed by atoms with van der Waals surface area (Å²) in [6, 6.07) is 0.555. The number of rotatable bonds is 5. The molecule has 1 aromatic heterocycles. The summed E-state index contributed by atoms with van der Waals surface area (Å²) in [6.45, 7) is 10.7. The van der Waals surface area contributed by atoms with Crippen LogP contribution in [0, 0.1) is 20.8 Å². The van der Waals surface area contributed by atoms with Crippen LogP contribution in [0.1, 0.15) is 56.1 Å². The van der Waals surface area contributed by atoms with Gasteiger partial charge in [0.05, 0.1) is 11.7 Å². The van der Waals surface area contributed by atoms with E-state index >= 15 is 0 Å². The molecule has 0 aliphatic carbocycles. The van der Waals surface area contributed by atoms with Crippen LogP contribution < -0.4 is 5.73 Å². The molecule has 2 N–H and O–H groups in total. The first-order valence-corrected chi connectivity index (χ1v) is 6.30. The molecule has 1 aromatic rings. The fraction of sp³-hybridized carbons (Fsp3) is 0.769. The van der Waals surface area contributed by atoms with Crippen LogP contribution in [-0.2, 0) is 0 Å². The summed E-state index contributed by atoms with van der Waals surface area (Å²) in [5, 5.41) is 4.62. The summed E-state index contributed by atoms with van der Waals surface area (Å²) in [5.74, 6) is 0. The van der Waals surface area contributed by atoms with Gasteiger partial charge < -0.3 is 5.73 Å². The molecule has 3 heteroatoms. The summed E-state index contributed by atoms with van der Waals surface area (Å²) in [6.07, 6.45) is 3.24. The number of aromatic nitrogens is 2. The molecule has 1 heterocycles. The van der Waals surface area contributed by atoms with Crippen LogP contribution in [0.2, 0.25) is 0 Å². The summed E-state index contributed by atoms with van der Waals surface area (Å²) in [5.41, 5.74) is 9.92. The van der Waals surface area contributed by atoms with Gasteiger partial charge in [0, 0.05) is 11.7 Å². The Morgan fingerprint density at radius 1 is 1.25 bits per heavy atom. The van der Waals surface area contributed by atoms with E-state index in [0.717, 1.165) is 25.0 Å². The molecule has 0 bridgehead atoms. The predicted octanol–water partition coefficient (Wildman–Crippen LogP) is 2.89. The van der Waals surface area contributed by atoms with E-state index in [2.05, 4.69) is 44.4 Å². The van der Waals surface area contributed by atoms with Crippen LogP contribution in [-0.4, -0.2) is 15.8 Å². The molecule has 2 atom stereocenters. The number of hydrogen-bond donors (Lipinski definition) is 1. The van der Waals surface area contributed by atoms with Gasteiger partial charge >= 0.3 is 0 Å². The number of nitrogens with two attached hydrogens (primary N) is 1. The van der Waals surface area contributed by atoms with Crippen molar-refractivity contribution in [1.29, 1.82) is 0 Å². The van der Waals surface area contributed by atoms with Crippen molar-refractivity contribution in [1.82, 2.24) is 9.78 Å². The summed E-state index contributed by atoms with van der Waals surface area (Å²) >= 11 is 0. The van der Waals surface area contributed by atoms with Gasteiger partial charge in [0.25, 0.3) is 0 Å². The molecule has 0 fully saturated rings. The van der Waals surface area contributed by atoms with E-state index in [9.17, 15) is 0 Å². The van der Waals surface area contributed by atoms with Crippen molar-refractivity contribution in [3.05, 3.63) is 17.0 Å². The van der Waals surface area contributed by atoms with E-state index < -0.39 is 0 Å². The normalized spacial score (nSPS) is 15.1. The maximum absolute atomic E-state index is 6.24. The zero-order valence-corrected chi connectivity index (χ0v) is 11.2. The molecule has 0 aromatic carbocycles. The molecule has 0 amide bonds. The standard InChI is InChI=1S/C13H25N3/c1-6-8-12(14)13(7-2)16-11(5)9(3)10(4)15-16/h12-13H,6-8,14H2,1-5H3. The monoisotopic (exact) mass is 223 g/mol. The van der Waals surface area contributed by atoms with Gasteiger partial charge in [-0.2, -0.15) is 5.10 Å². The molecule has 0 aliphatic rings. The highest BCUT2D eigenvalue weighted by Gasteiger charge is 2.21. The molecule has 16 heavy (non-hydrogen) atoms. The summed E-state index contributed by atoms with van der Waals surface area (Å²) < 4.78 is 2.13. The largest absolute Gasteiger partial charge is 0.326 e. The van der Waals surface area contributed by atoms with Gasteiger partial charge in [-0.3, -0.25) is 4.68 Å². The Kier molecular flexibility index (Phi) is 4.54. The van der Waals surface area contributed by atoms with Crippen molar-refractivity contribution in [2.75, 3.05) is 0 Å². The zero-order chi connectivity index (χ0) is 12.3. The zero-order valence-electron chi connectivity index (χ0n) is 11.2. The molecule has 92 valence electrons. The van der Waals surface area contributed by atoms with Gasteiger partial charge in [-0.05, 0) is 39.2 Å². The maximum Gasteiger partial charge on any atom is 0.0670 e. The predicted molar refractivity (Wildman–Crippen MR) is 68.6 cm³/mol. The number of hydrogen-bond acceptors (Lipinski definition) is 2. The highest BCUT2D eigenvalue weighted by molar-refractivity contribution is 5.22. The van der Waals surface area contributed by atoms with Crippen molar-refractivity contribution < 1.29 is 0 Å². The van der Waals surface area contributed by atoms with Gasteiger partial charge in [0.1, 0.15) is 0 Å². The molecule has 0 radical (unpaired) electrons. The second-order valence-corrected chi connectivity index (χ2v) is 4.67. The van der Waals surface area contributed by atoms with Crippen molar-refractivity contribution in [3.8, 4) is 0 Å². The van der Waals surface area contributed by atoms with Crippen molar-refractivity contribution in [2.45, 2.75) is 66.0 Å². The highest BCUT2D eigenvalue weighted by atomic mass is 15.3.